The minimum Gasteiger partial charge on any atom is -0.396 e. The quantitative estimate of drug-likeness (QED) is 0.557. The fraction of sp³-hybridized carbons (Fsp3) is 0.423. The first kappa shape index (κ1) is 25.2. The number of aliphatic hydroxyl groups excluding tert-OH is 1. The minimum absolute atomic E-state index is 0.0209. The topological polar surface area (TPSA) is 102 Å². The van der Waals surface area contributed by atoms with Gasteiger partial charge in [-0.3, -0.25) is 9.59 Å². The minimum atomic E-state index is -0.522. The third-order valence-corrected chi connectivity index (χ3v) is 5.90. The average molecular weight is 467 g/mol. The lowest BCUT2D eigenvalue weighted by Gasteiger charge is -2.39. The Morgan fingerprint density at radius 1 is 1.09 bits per heavy atom. The van der Waals surface area contributed by atoms with Crippen LogP contribution in [0.3, 0.4) is 0 Å². The molecular formula is C26H34N4O4. The Bertz CT molecular complexity index is 993. The van der Waals surface area contributed by atoms with Crippen molar-refractivity contribution in [2.75, 3.05) is 43.0 Å². The number of carbonyl (C=O) groups is 3. The van der Waals surface area contributed by atoms with Crippen LogP contribution in [0.2, 0.25) is 0 Å². The molecule has 8 heteroatoms. The molecule has 1 aliphatic rings. The number of benzene rings is 2. The first-order chi connectivity index (χ1) is 16.3. The van der Waals surface area contributed by atoms with Gasteiger partial charge in [0.1, 0.15) is 6.54 Å². The van der Waals surface area contributed by atoms with Gasteiger partial charge < -0.3 is 25.5 Å². The molecule has 2 aromatic rings. The molecule has 2 aromatic carbocycles. The maximum absolute atomic E-state index is 13.1. The summed E-state index contributed by atoms with van der Waals surface area (Å²) in [6, 6.07) is 15.6. The fourth-order valence-electron chi connectivity index (χ4n) is 4.16. The van der Waals surface area contributed by atoms with Crippen LogP contribution in [-0.2, 0) is 16.0 Å². The highest BCUT2D eigenvalue weighted by Crippen LogP contribution is 2.28. The van der Waals surface area contributed by atoms with E-state index in [2.05, 4.69) is 24.5 Å². The molecule has 3 rings (SSSR count). The van der Waals surface area contributed by atoms with Crippen molar-refractivity contribution < 1.29 is 19.5 Å². The lowest BCUT2D eigenvalue weighted by atomic mass is 9.84. The Balaban J connectivity index is 1.62. The first-order valence-electron chi connectivity index (χ1n) is 11.7. The van der Waals surface area contributed by atoms with E-state index in [1.807, 2.05) is 29.2 Å². The van der Waals surface area contributed by atoms with Gasteiger partial charge in [0, 0.05) is 31.1 Å². The number of hydrogen-bond donors (Lipinski definition) is 3. The van der Waals surface area contributed by atoms with Crippen molar-refractivity contribution in [1.29, 1.82) is 0 Å². The summed E-state index contributed by atoms with van der Waals surface area (Å²) in [4.78, 5) is 41.7. The van der Waals surface area contributed by atoms with Crippen molar-refractivity contribution in [2.24, 2.45) is 5.41 Å². The number of nitrogens with one attached hydrogen (secondary N) is 2. The second-order valence-corrected chi connectivity index (χ2v) is 9.38. The number of piperidine rings is 1. The van der Waals surface area contributed by atoms with Crippen molar-refractivity contribution in [3.63, 3.8) is 0 Å². The van der Waals surface area contributed by atoms with E-state index >= 15 is 0 Å². The van der Waals surface area contributed by atoms with Gasteiger partial charge in [0.05, 0.1) is 6.54 Å². The number of amides is 4. The normalized spacial score (nSPS) is 14.9. The lowest BCUT2D eigenvalue weighted by Crippen LogP contribution is -2.50. The largest absolute Gasteiger partial charge is 0.396 e. The molecule has 8 nitrogen and oxygen atoms in total. The zero-order valence-corrected chi connectivity index (χ0v) is 19.9. The van der Waals surface area contributed by atoms with E-state index in [0.29, 0.717) is 30.9 Å². The Kier molecular flexibility index (Phi) is 8.65. The molecule has 1 saturated heterocycles. The number of aliphatic hydroxyl groups is 1. The van der Waals surface area contributed by atoms with Crippen molar-refractivity contribution in [2.45, 2.75) is 33.1 Å². The Morgan fingerprint density at radius 3 is 2.56 bits per heavy atom. The Morgan fingerprint density at radius 2 is 1.85 bits per heavy atom. The number of carbonyl (C=O) groups excluding carboxylic acids is 3. The van der Waals surface area contributed by atoms with E-state index in [0.717, 1.165) is 18.4 Å². The monoisotopic (exact) mass is 466 g/mol. The summed E-state index contributed by atoms with van der Waals surface area (Å²) >= 11 is 0. The summed E-state index contributed by atoms with van der Waals surface area (Å²) in [6.45, 7) is 5.34. The Hall–Kier alpha value is -3.39. The van der Waals surface area contributed by atoms with E-state index < -0.39 is 6.03 Å². The molecule has 4 amide bonds. The van der Waals surface area contributed by atoms with E-state index in [1.165, 1.54) is 4.90 Å². The first-order valence-corrected chi connectivity index (χ1v) is 11.7. The molecule has 0 bridgehead atoms. The van der Waals surface area contributed by atoms with Crippen LogP contribution in [0.25, 0.3) is 0 Å². The lowest BCUT2D eigenvalue weighted by molar-refractivity contribution is -0.134. The summed E-state index contributed by atoms with van der Waals surface area (Å²) in [5, 5.41) is 14.4. The second-order valence-electron chi connectivity index (χ2n) is 9.38. The molecule has 1 heterocycles. The van der Waals surface area contributed by atoms with E-state index in [4.69, 9.17) is 5.11 Å². The number of hydrogen-bond acceptors (Lipinski definition) is 4. The highest BCUT2D eigenvalue weighted by Gasteiger charge is 2.30. The number of anilines is 2. The molecule has 3 N–H and O–H groups in total. The van der Waals surface area contributed by atoms with Crippen molar-refractivity contribution >= 4 is 29.2 Å². The zero-order valence-electron chi connectivity index (χ0n) is 19.9. The van der Waals surface area contributed by atoms with E-state index in [9.17, 15) is 14.4 Å². The SMILES string of the molecule is CC1(C)CCCN(C(=O)CN(C(=O)CNC(=O)Nc2cccc(CCO)c2)c2ccccc2)C1. The number of para-hydroxylation sites is 1. The molecule has 0 saturated carbocycles. The molecule has 0 atom stereocenters. The molecule has 0 radical (unpaired) electrons. The van der Waals surface area contributed by atoms with Crippen LogP contribution in [0.15, 0.2) is 54.6 Å². The second kappa shape index (κ2) is 11.7. The molecule has 1 fully saturated rings. The van der Waals surface area contributed by atoms with Gasteiger partial charge in [0.2, 0.25) is 11.8 Å². The molecule has 0 aliphatic carbocycles. The van der Waals surface area contributed by atoms with Crippen LogP contribution < -0.4 is 15.5 Å². The standard InChI is InChI=1S/C26H34N4O4/c1-26(2)13-7-14-29(19-26)24(33)18-30(22-10-4-3-5-11-22)23(32)17-27-25(34)28-21-9-6-8-20(16-21)12-15-31/h3-6,8-11,16,31H,7,12-15,17-19H2,1-2H3,(H2,27,28,34). The van der Waals surface area contributed by atoms with Crippen LogP contribution in [-0.4, -0.2) is 60.6 Å². The van der Waals surface area contributed by atoms with Gasteiger partial charge in [-0.25, -0.2) is 4.79 Å². The third-order valence-electron chi connectivity index (χ3n) is 5.90. The summed E-state index contributed by atoms with van der Waals surface area (Å²) in [6.07, 6.45) is 2.50. The van der Waals surface area contributed by atoms with Crippen LogP contribution in [0.1, 0.15) is 32.3 Å². The average Bonchev–Trinajstić information content (AvgIpc) is 2.81. The molecule has 0 aromatic heterocycles. The van der Waals surface area contributed by atoms with Gasteiger partial charge in [0.15, 0.2) is 0 Å². The molecule has 34 heavy (non-hydrogen) atoms. The number of nitrogens with zero attached hydrogens (tertiary/aromatic N) is 2. The number of likely N-dealkylation sites (tertiary alicyclic amines) is 1. The van der Waals surface area contributed by atoms with Gasteiger partial charge in [0.25, 0.3) is 0 Å². The van der Waals surface area contributed by atoms with Gasteiger partial charge in [-0.05, 0) is 54.5 Å². The van der Waals surface area contributed by atoms with Crippen LogP contribution >= 0.6 is 0 Å². The maximum Gasteiger partial charge on any atom is 0.319 e. The molecule has 182 valence electrons. The van der Waals surface area contributed by atoms with Crippen molar-refractivity contribution in [3.8, 4) is 0 Å². The van der Waals surface area contributed by atoms with E-state index in [1.54, 1.807) is 30.3 Å². The smallest absolute Gasteiger partial charge is 0.319 e. The highest BCUT2D eigenvalue weighted by atomic mass is 16.3. The van der Waals surface area contributed by atoms with Gasteiger partial charge in [-0.2, -0.15) is 0 Å². The highest BCUT2D eigenvalue weighted by molar-refractivity contribution is 6.01. The van der Waals surface area contributed by atoms with Crippen LogP contribution in [0, 0.1) is 5.41 Å². The maximum atomic E-state index is 13.1. The fourth-order valence-corrected chi connectivity index (χ4v) is 4.16. The predicted molar refractivity (Wildman–Crippen MR) is 133 cm³/mol. The van der Waals surface area contributed by atoms with Gasteiger partial charge >= 0.3 is 6.03 Å². The van der Waals surface area contributed by atoms with Crippen LogP contribution in [0.5, 0.6) is 0 Å². The van der Waals surface area contributed by atoms with E-state index in [-0.39, 0.29) is 36.9 Å². The molecule has 1 aliphatic heterocycles. The molecular weight excluding hydrogens is 432 g/mol. The summed E-state index contributed by atoms with van der Waals surface area (Å²) in [7, 11) is 0. The van der Waals surface area contributed by atoms with Gasteiger partial charge in [-0.15, -0.1) is 0 Å². The summed E-state index contributed by atoms with van der Waals surface area (Å²) in [5.74, 6) is -0.477. The third kappa shape index (κ3) is 7.31. The van der Waals surface area contributed by atoms with Crippen molar-refractivity contribution in [3.05, 3.63) is 60.2 Å². The molecule has 0 spiro atoms. The number of urea groups is 1. The summed E-state index contributed by atoms with van der Waals surface area (Å²) in [5.41, 5.74) is 2.13. The summed E-state index contributed by atoms with van der Waals surface area (Å²) < 4.78 is 0. The van der Waals surface area contributed by atoms with Gasteiger partial charge in [-0.1, -0.05) is 44.2 Å². The van der Waals surface area contributed by atoms with Crippen LogP contribution in [0.4, 0.5) is 16.2 Å². The predicted octanol–water partition coefficient (Wildman–Crippen LogP) is 3.02. The number of rotatable bonds is 8. The zero-order chi connectivity index (χ0) is 24.6. The van der Waals surface area contributed by atoms with Crippen molar-refractivity contribution in [1.82, 2.24) is 10.2 Å². The Labute approximate surface area is 200 Å². The molecule has 0 unspecified atom stereocenters.